The first-order valence-corrected chi connectivity index (χ1v) is 10.4. The summed E-state index contributed by atoms with van der Waals surface area (Å²) in [5.74, 6) is -0.986. The quantitative estimate of drug-likeness (QED) is 0.381. The molecule has 3 aromatic carbocycles. The zero-order valence-electron chi connectivity index (χ0n) is 17.6. The van der Waals surface area contributed by atoms with Crippen LogP contribution in [0.2, 0.25) is 0 Å². The first-order valence-electron chi connectivity index (χ1n) is 10.4. The molecule has 164 valence electrons. The van der Waals surface area contributed by atoms with E-state index in [4.69, 9.17) is 10.5 Å². The average Bonchev–Trinajstić information content (AvgIpc) is 2.83. The SMILES string of the molecule is NC(Cc1cccc(C=O)c1)C(=O)NC(Cc1ccccc1)C(=O)OCc1ccccc1. The van der Waals surface area contributed by atoms with E-state index in [1.807, 2.05) is 60.7 Å². The van der Waals surface area contributed by atoms with Crippen molar-refractivity contribution in [1.82, 2.24) is 5.32 Å². The van der Waals surface area contributed by atoms with Crippen LogP contribution in [0.15, 0.2) is 84.9 Å². The number of rotatable bonds is 10. The van der Waals surface area contributed by atoms with Gasteiger partial charge >= 0.3 is 5.97 Å². The molecule has 6 heteroatoms. The van der Waals surface area contributed by atoms with E-state index in [1.165, 1.54) is 0 Å². The fraction of sp³-hybridized carbons (Fsp3) is 0.192. The van der Waals surface area contributed by atoms with Gasteiger partial charge in [-0.1, -0.05) is 78.9 Å². The lowest BCUT2D eigenvalue weighted by Crippen LogP contribution is -2.50. The Kier molecular flexibility index (Phi) is 8.29. The molecule has 0 fully saturated rings. The van der Waals surface area contributed by atoms with Gasteiger partial charge in [-0.05, 0) is 29.2 Å². The van der Waals surface area contributed by atoms with Crippen molar-refractivity contribution in [1.29, 1.82) is 0 Å². The molecule has 3 N–H and O–H groups in total. The number of nitrogens with two attached hydrogens (primary N) is 1. The van der Waals surface area contributed by atoms with Gasteiger partial charge in [0.1, 0.15) is 18.9 Å². The lowest BCUT2D eigenvalue weighted by Gasteiger charge is -2.20. The summed E-state index contributed by atoms with van der Waals surface area (Å²) >= 11 is 0. The van der Waals surface area contributed by atoms with Crippen molar-refractivity contribution in [3.8, 4) is 0 Å². The Morgan fingerprint density at radius 3 is 2.12 bits per heavy atom. The molecule has 0 spiro atoms. The molecule has 0 bridgehead atoms. The van der Waals surface area contributed by atoms with Crippen LogP contribution in [0.3, 0.4) is 0 Å². The minimum Gasteiger partial charge on any atom is -0.459 e. The smallest absolute Gasteiger partial charge is 0.329 e. The van der Waals surface area contributed by atoms with E-state index in [2.05, 4.69) is 5.32 Å². The summed E-state index contributed by atoms with van der Waals surface area (Å²) in [6.45, 7) is 0.116. The molecule has 0 radical (unpaired) electrons. The third kappa shape index (κ3) is 6.89. The highest BCUT2D eigenvalue weighted by molar-refractivity contribution is 5.88. The second kappa shape index (κ2) is 11.6. The predicted octanol–water partition coefficient (Wildman–Crippen LogP) is 2.84. The Morgan fingerprint density at radius 2 is 1.47 bits per heavy atom. The van der Waals surface area contributed by atoms with Crippen LogP contribution in [0.5, 0.6) is 0 Å². The Labute approximate surface area is 187 Å². The number of benzene rings is 3. The van der Waals surface area contributed by atoms with E-state index in [0.29, 0.717) is 5.56 Å². The maximum atomic E-state index is 12.8. The van der Waals surface area contributed by atoms with Crippen molar-refractivity contribution in [2.75, 3.05) is 0 Å². The number of aldehydes is 1. The Balaban J connectivity index is 1.66. The normalized spacial score (nSPS) is 12.4. The number of carbonyl (C=O) groups excluding carboxylic acids is 3. The van der Waals surface area contributed by atoms with Gasteiger partial charge in [0.2, 0.25) is 5.91 Å². The summed E-state index contributed by atoms with van der Waals surface area (Å²) in [6, 6.07) is 23.9. The number of hydrogen-bond donors (Lipinski definition) is 2. The van der Waals surface area contributed by atoms with Gasteiger partial charge in [0.25, 0.3) is 0 Å². The maximum Gasteiger partial charge on any atom is 0.329 e. The summed E-state index contributed by atoms with van der Waals surface area (Å²) < 4.78 is 5.46. The second-order valence-corrected chi connectivity index (χ2v) is 7.52. The van der Waals surface area contributed by atoms with E-state index in [0.717, 1.165) is 23.0 Å². The lowest BCUT2D eigenvalue weighted by atomic mass is 10.0. The Hall–Kier alpha value is -3.77. The van der Waals surface area contributed by atoms with Gasteiger partial charge in [0.05, 0.1) is 6.04 Å². The molecule has 0 aliphatic rings. The maximum absolute atomic E-state index is 12.8. The average molecular weight is 431 g/mol. The molecular formula is C26H26N2O4. The van der Waals surface area contributed by atoms with Crippen molar-refractivity contribution in [2.24, 2.45) is 5.73 Å². The summed E-state index contributed by atoms with van der Waals surface area (Å²) in [4.78, 5) is 36.5. The van der Waals surface area contributed by atoms with Crippen LogP contribution in [0, 0.1) is 0 Å². The number of hydrogen-bond acceptors (Lipinski definition) is 5. The fourth-order valence-electron chi connectivity index (χ4n) is 3.29. The molecule has 2 unspecified atom stereocenters. The predicted molar refractivity (Wildman–Crippen MR) is 122 cm³/mol. The molecule has 0 aliphatic carbocycles. The molecule has 1 amide bonds. The van der Waals surface area contributed by atoms with Crippen molar-refractivity contribution in [3.05, 3.63) is 107 Å². The monoisotopic (exact) mass is 430 g/mol. The van der Waals surface area contributed by atoms with Crippen LogP contribution in [0.4, 0.5) is 0 Å². The van der Waals surface area contributed by atoms with E-state index in [-0.39, 0.29) is 19.4 Å². The Morgan fingerprint density at radius 1 is 0.844 bits per heavy atom. The van der Waals surface area contributed by atoms with Crippen LogP contribution < -0.4 is 11.1 Å². The number of carbonyl (C=O) groups is 3. The summed E-state index contributed by atoms with van der Waals surface area (Å²) in [5, 5.41) is 2.74. The minimum atomic E-state index is -0.878. The molecule has 0 heterocycles. The molecule has 0 saturated carbocycles. The summed E-state index contributed by atoms with van der Waals surface area (Å²) in [6.07, 6.45) is 1.27. The number of ether oxygens (including phenoxy) is 1. The first kappa shape index (κ1) is 22.9. The fourth-order valence-corrected chi connectivity index (χ4v) is 3.29. The highest BCUT2D eigenvalue weighted by Gasteiger charge is 2.25. The van der Waals surface area contributed by atoms with Gasteiger partial charge in [-0.2, -0.15) is 0 Å². The second-order valence-electron chi connectivity index (χ2n) is 7.52. The van der Waals surface area contributed by atoms with Crippen molar-refractivity contribution in [2.45, 2.75) is 31.5 Å². The number of amides is 1. The molecule has 0 aromatic heterocycles. The molecule has 0 saturated heterocycles. The third-order valence-corrected chi connectivity index (χ3v) is 4.99. The van der Waals surface area contributed by atoms with E-state index in [1.54, 1.807) is 24.3 Å². The molecular weight excluding hydrogens is 404 g/mol. The summed E-state index contributed by atoms with van der Waals surface area (Å²) in [5.41, 5.74) is 9.13. The third-order valence-electron chi connectivity index (χ3n) is 4.99. The van der Waals surface area contributed by atoms with Crippen LogP contribution in [0.25, 0.3) is 0 Å². The Bertz CT molecular complexity index is 1040. The van der Waals surface area contributed by atoms with Gasteiger partial charge in [0, 0.05) is 12.0 Å². The van der Waals surface area contributed by atoms with Crippen LogP contribution >= 0.6 is 0 Å². The summed E-state index contributed by atoms with van der Waals surface area (Å²) in [7, 11) is 0. The van der Waals surface area contributed by atoms with E-state index in [9.17, 15) is 14.4 Å². The van der Waals surface area contributed by atoms with Crippen molar-refractivity contribution in [3.63, 3.8) is 0 Å². The van der Waals surface area contributed by atoms with Gasteiger partial charge in [-0.15, -0.1) is 0 Å². The largest absolute Gasteiger partial charge is 0.459 e. The molecule has 3 rings (SSSR count). The molecule has 3 aromatic rings. The molecule has 6 nitrogen and oxygen atoms in total. The van der Waals surface area contributed by atoms with Crippen LogP contribution in [0.1, 0.15) is 27.0 Å². The minimum absolute atomic E-state index is 0.116. The number of esters is 1. The van der Waals surface area contributed by atoms with Gasteiger partial charge in [0.15, 0.2) is 0 Å². The highest BCUT2D eigenvalue weighted by Crippen LogP contribution is 2.09. The van der Waals surface area contributed by atoms with Crippen molar-refractivity contribution >= 4 is 18.2 Å². The lowest BCUT2D eigenvalue weighted by molar-refractivity contribution is -0.149. The zero-order chi connectivity index (χ0) is 22.8. The van der Waals surface area contributed by atoms with Crippen molar-refractivity contribution < 1.29 is 19.1 Å². The molecule has 2 atom stereocenters. The van der Waals surface area contributed by atoms with E-state index >= 15 is 0 Å². The first-order chi connectivity index (χ1) is 15.5. The molecule has 32 heavy (non-hydrogen) atoms. The standard InChI is InChI=1S/C26H26N2O4/c27-23(15-21-12-7-13-22(14-21)17-29)25(30)28-24(16-19-8-3-1-4-9-19)26(31)32-18-20-10-5-2-6-11-20/h1-14,17,23-24H,15-16,18,27H2,(H,28,30). The van der Waals surface area contributed by atoms with Gasteiger partial charge in [-0.3, -0.25) is 9.59 Å². The van der Waals surface area contributed by atoms with E-state index < -0.39 is 24.0 Å². The van der Waals surface area contributed by atoms with Crippen LogP contribution in [-0.4, -0.2) is 30.2 Å². The number of nitrogens with one attached hydrogen (secondary N) is 1. The molecule has 0 aliphatic heterocycles. The van der Waals surface area contributed by atoms with Crippen LogP contribution in [-0.2, 0) is 33.8 Å². The van der Waals surface area contributed by atoms with Gasteiger partial charge in [-0.25, -0.2) is 4.79 Å². The zero-order valence-corrected chi connectivity index (χ0v) is 17.6. The van der Waals surface area contributed by atoms with Gasteiger partial charge < -0.3 is 15.8 Å². The topological polar surface area (TPSA) is 98.5 Å². The highest BCUT2D eigenvalue weighted by atomic mass is 16.5.